The molecule has 0 heterocycles. The highest BCUT2D eigenvalue weighted by Gasteiger charge is 2.28. The van der Waals surface area contributed by atoms with Crippen molar-refractivity contribution in [3.05, 3.63) is 59.2 Å². The van der Waals surface area contributed by atoms with Gasteiger partial charge in [0.05, 0.1) is 13.2 Å². The molecule has 186 valence electrons. The third-order valence-electron chi connectivity index (χ3n) is 5.53. The summed E-state index contributed by atoms with van der Waals surface area (Å²) in [5, 5.41) is 2.97. The number of benzene rings is 2. The molecule has 0 fully saturated rings. The Bertz CT molecular complexity index is 925. The van der Waals surface area contributed by atoms with Crippen molar-refractivity contribution in [3.63, 3.8) is 0 Å². The standard InChI is InChI=1S/C28H40N2O4/c1-7-24(28(32)29-20(4)5)30(19-23-12-10-21(6)11-13-23)27(31)17-15-22-14-16-25(33-8-2)26(18-22)34-9-3/h10-14,16,18,20,24H,7-9,15,17,19H2,1-6H3,(H,29,32)/t24-/m1/s1. The van der Waals surface area contributed by atoms with Gasteiger partial charge in [0.25, 0.3) is 0 Å². The minimum atomic E-state index is -0.518. The zero-order chi connectivity index (χ0) is 25.1. The maximum absolute atomic E-state index is 13.4. The summed E-state index contributed by atoms with van der Waals surface area (Å²) in [6, 6.07) is 13.4. The Morgan fingerprint density at radius 2 is 1.53 bits per heavy atom. The molecule has 0 aliphatic rings. The van der Waals surface area contributed by atoms with Crippen LogP contribution in [-0.4, -0.2) is 42.0 Å². The van der Waals surface area contributed by atoms with Crippen LogP contribution in [0.1, 0.15) is 64.2 Å². The summed E-state index contributed by atoms with van der Waals surface area (Å²) in [6.45, 7) is 13.2. The zero-order valence-electron chi connectivity index (χ0n) is 21.5. The number of rotatable bonds is 13. The molecule has 0 unspecified atom stereocenters. The second-order valence-corrected chi connectivity index (χ2v) is 8.74. The van der Waals surface area contributed by atoms with Crippen LogP contribution in [0.2, 0.25) is 0 Å². The fourth-order valence-corrected chi connectivity index (χ4v) is 3.84. The minimum Gasteiger partial charge on any atom is -0.490 e. The van der Waals surface area contributed by atoms with Gasteiger partial charge in [-0.15, -0.1) is 0 Å². The van der Waals surface area contributed by atoms with Crippen LogP contribution < -0.4 is 14.8 Å². The van der Waals surface area contributed by atoms with E-state index in [0.717, 1.165) is 16.7 Å². The summed E-state index contributed by atoms with van der Waals surface area (Å²) in [4.78, 5) is 28.1. The SMILES string of the molecule is CCOc1ccc(CCC(=O)N(Cc2ccc(C)cc2)[C@H](CC)C(=O)NC(C)C)cc1OCC. The van der Waals surface area contributed by atoms with Crippen LogP contribution in [-0.2, 0) is 22.6 Å². The van der Waals surface area contributed by atoms with Gasteiger partial charge in [-0.3, -0.25) is 9.59 Å². The third-order valence-corrected chi connectivity index (χ3v) is 5.53. The lowest BCUT2D eigenvalue weighted by molar-refractivity contribution is -0.141. The number of aryl methyl sites for hydroxylation is 2. The Balaban J connectivity index is 2.22. The lowest BCUT2D eigenvalue weighted by Crippen LogP contribution is -2.50. The van der Waals surface area contributed by atoms with Crippen molar-refractivity contribution in [1.29, 1.82) is 0 Å². The van der Waals surface area contributed by atoms with E-state index in [-0.39, 0.29) is 17.9 Å². The Morgan fingerprint density at radius 1 is 0.912 bits per heavy atom. The second-order valence-electron chi connectivity index (χ2n) is 8.74. The van der Waals surface area contributed by atoms with Crippen LogP contribution in [0.5, 0.6) is 11.5 Å². The van der Waals surface area contributed by atoms with E-state index in [9.17, 15) is 9.59 Å². The molecule has 2 aromatic carbocycles. The maximum atomic E-state index is 13.4. The first-order chi connectivity index (χ1) is 16.3. The lowest BCUT2D eigenvalue weighted by atomic mass is 10.0. The Hall–Kier alpha value is -3.02. The molecule has 0 aliphatic carbocycles. The number of ether oxygens (including phenoxy) is 2. The molecule has 1 atom stereocenters. The zero-order valence-corrected chi connectivity index (χ0v) is 21.5. The largest absolute Gasteiger partial charge is 0.490 e. The topological polar surface area (TPSA) is 67.9 Å². The van der Waals surface area contributed by atoms with Gasteiger partial charge in [-0.2, -0.15) is 0 Å². The molecular weight excluding hydrogens is 428 g/mol. The number of carbonyl (C=O) groups excluding carboxylic acids is 2. The molecule has 0 radical (unpaired) electrons. The van der Waals surface area contributed by atoms with Crippen molar-refractivity contribution in [1.82, 2.24) is 10.2 Å². The molecule has 1 N–H and O–H groups in total. The molecule has 2 amide bonds. The van der Waals surface area contributed by atoms with E-state index in [4.69, 9.17) is 9.47 Å². The highest BCUT2D eigenvalue weighted by Crippen LogP contribution is 2.29. The fourth-order valence-electron chi connectivity index (χ4n) is 3.84. The molecule has 6 heteroatoms. The fraction of sp³-hybridized carbons (Fsp3) is 0.500. The van der Waals surface area contributed by atoms with E-state index >= 15 is 0 Å². The highest BCUT2D eigenvalue weighted by atomic mass is 16.5. The van der Waals surface area contributed by atoms with Crippen molar-refractivity contribution in [3.8, 4) is 11.5 Å². The van der Waals surface area contributed by atoms with Gasteiger partial charge in [0.1, 0.15) is 6.04 Å². The van der Waals surface area contributed by atoms with Crippen LogP contribution in [0.4, 0.5) is 0 Å². The smallest absolute Gasteiger partial charge is 0.243 e. The maximum Gasteiger partial charge on any atom is 0.243 e. The molecule has 0 aromatic heterocycles. The van der Waals surface area contributed by atoms with Crippen LogP contribution in [0.15, 0.2) is 42.5 Å². The molecule has 6 nitrogen and oxygen atoms in total. The average molecular weight is 469 g/mol. The van der Waals surface area contributed by atoms with E-state index in [1.54, 1.807) is 4.90 Å². The normalized spacial score (nSPS) is 11.7. The molecule has 2 aromatic rings. The number of hydrogen-bond donors (Lipinski definition) is 1. The van der Waals surface area contributed by atoms with Crippen LogP contribution in [0, 0.1) is 6.92 Å². The molecule has 0 saturated carbocycles. The average Bonchev–Trinajstić information content (AvgIpc) is 2.80. The van der Waals surface area contributed by atoms with Gasteiger partial charge in [0, 0.05) is 19.0 Å². The number of amides is 2. The van der Waals surface area contributed by atoms with Crippen LogP contribution >= 0.6 is 0 Å². The van der Waals surface area contributed by atoms with Crippen molar-refractivity contribution < 1.29 is 19.1 Å². The monoisotopic (exact) mass is 468 g/mol. The van der Waals surface area contributed by atoms with Crippen molar-refractivity contribution in [2.24, 2.45) is 0 Å². The molecule has 0 saturated heterocycles. The molecule has 0 aliphatic heterocycles. The van der Waals surface area contributed by atoms with Gasteiger partial charge < -0.3 is 19.7 Å². The van der Waals surface area contributed by atoms with E-state index < -0.39 is 6.04 Å². The second kappa shape index (κ2) is 13.6. The molecule has 34 heavy (non-hydrogen) atoms. The first-order valence-corrected chi connectivity index (χ1v) is 12.3. The number of carbonyl (C=O) groups is 2. The van der Waals surface area contributed by atoms with Crippen molar-refractivity contribution >= 4 is 11.8 Å². The summed E-state index contributed by atoms with van der Waals surface area (Å²) in [5.74, 6) is 1.24. The first-order valence-electron chi connectivity index (χ1n) is 12.3. The Kier molecular flexibility index (Phi) is 10.9. The third kappa shape index (κ3) is 8.08. The van der Waals surface area contributed by atoms with E-state index in [0.29, 0.717) is 50.5 Å². The van der Waals surface area contributed by atoms with Gasteiger partial charge in [-0.25, -0.2) is 0 Å². The van der Waals surface area contributed by atoms with Gasteiger partial charge >= 0.3 is 0 Å². The molecule has 0 bridgehead atoms. The van der Waals surface area contributed by atoms with Gasteiger partial charge in [0.2, 0.25) is 11.8 Å². The van der Waals surface area contributed by atoms with Crippen molar-refractivity contribution in [2.75, 3.05) is 13.2 Å². The quantitative estimate of drug-likeness (QED) is 0.446. The molecular formula is C28H40N2O4. The Labute approximate surface area is 204 Å². The van der Waals surface area contributed by atoms with Crippen LogP contribution in [0.3, 0.4) is 0 Å². The molecule has 2 rings (SSSR count). The summed E-state index contributed by atoms with van der Waals surface area (Å²) >= 11 is 0. The van der Waals surface area contributed by atoms with Crippen LogP contribution in [0.25, 0.3) is 0 Å². The minimum absolute atomic E-state index is 0.0127. The summed E-state index contributed by atoms with van der Waals surface area (Å²) in [6.07, 6.45) is 1.41. The number of nitrogens with one attached hydrogen (secondary N) is 1. The predicted octanol–water partition coefficient (Wildman–Crippen LogP) is 5.06. The van der Waals surface area contributed by atoms with Crippen molar-refractivity contribution in [2.45, 2.75) is 79.4 Å². The summed E-state index contributed by atoms with van der Waals surface area (Å²) < 4.78 is 11.4. The summed E-state index contributed by atoms with van der Waals surface area (Å²) in [7, 11) is 0. The van der Waals surface area contributed by atoms with Gasteiger partial charge in [-0.1, -0.05) is 42.8 Å². The Morgan fingerprint density at radius 3 is 2.12 bits per heavy atom. The summed E-state index contributed by atoms with van der Waals surface area (Å²) in [5.41, 5.74) is 3.16. The number of hydrogen-bond acceptors (Lipinski definition) is 4. The molecule has 0 spiro atoms. The first kappa shape index (κ1) is 27.2. The van der Waals surface area contributed by atoms with Gasteiger partial charge in [0.15, 0.2) is 11.5 Å². The predicted molar refractivity (Wildman–Crippen MR) is 136 cm³/mol. The van der Waals surface area contributed by atoms with E-state index in [1.165, 1.54) is 0 Å². The van der Waals surface area contributed by atoms with E-state index in [2.05, 4.69) is 5.32 Å². The highest BCUT2D eigenvalue weighted by molar-refractivity contribution is 5.87. The lowest BCUT2D eigenvalue weighted by Gasteiger charge is -2.31. The van der Waals surface area contributed by atoms with E-state index in [1.807, 2.05) is 84.0 Å². The number of nitrogens with zero attached hydrogens (tertiary/aromatic N) is 1. The van der Waals surface area contributed by atoms with Gasteiger partial charge in [-0.05, 0) is 70.7 Å².